The van der Waals surface area contributed by atoms with Crippen molar-refractivity contribution in [1.29, 1.82) is 0 Å². The lowest BCUT2D eigenvalue weighted by Gasteiger charge is -2.34. The first kappa shape index (κ1) is 17.5. The Morgan fingerprint density at radius 3 is 2.40 bits per heavy atom. The summed E-state index contributed by atoms with van der Waals surface area (Å²) in [5.74, 6) is -1.91. The number of hydrogen-bond donors (Lipinski definition) is 2. The summed E-state index contributed by atoms with van der Waals surface area (Å²) in [6.07, 6.45) is 3.62. The zero-order valence-corrected chi connectivity index (χ0v) is 14.5. The topological polar surface area (TPSA) is 86.7 Å². The van der Waals surface area contributed by atoms with Crippen molar-refractivity contribution in [1.82, 2.24) is 5.32 Å². The highest BCUT2D eigenvalue weighted by Gasteiger charge is 2.44. The van der Waals surface area contributed by atoms with Gasteiger partial charge in [-0.1, -0.05) is 37.0 Å². The second kappa shape index (κ2) is 6.86. The first-order valence-corrected chi connectivity index (χ1v) is 8.84. The molecule has 1 aliphatic heterocycles. The summed E-state index contributed by atoms with van der Waals surface area (Å²) in [6.45, 7) is 2.27. The molecule has 1 atom stereocenters. The van der Waals surface area contributed by atoms with E-state index in [0.717, 1.165) is 30.5 Å². The van der Waals surface area contributed by atoms with Crippen LogP contribution in [0.1, 0.15) is 44.1 Å². The molecule has 1 heterocycles. The molecule has 2 aliphatic rings. The number of carbonyl (C=O) groups is 3. The number of aryl methyl sites for hydroxylation is 1. The van der Waals surface area contributed by atoms with Crippen LogP contribution in [0, 0.1) is 12.8 Å². The molecule has 1 aliphatic carbocycles. The van der Waals surface area contributed by atoms with Gasteiger partial charge in [0.25, 0.3) is 0 Å². The molecule has 6 heteroatoms. The van der Waals surface area contributed by atoms with Crippen LogP contribution in [-0.2, 0) is 14.4 Å². The molecule has 0 spiro atoms. The van der Waals surface area contributed by atoms with Crippen molar-refractivity contribution >= 4 is 23.5 Å². The molecule has 25 heavy (non-hydrogen) atoms. The Hall–Kier alpha value is -2.37. The van der Waals surface area contributed by atoms with Gasteiger partial charge in [-0.25, -0.2) is 4.79 Å². The second-order valence-electron chi connectivity index (χ2n) is 7.18. The smallest absolute Gasteiger partial charge is 0.329 e. The molecule has 0 aromatic heterocycles. The number of benzene rings is 1. The van der Waals surface area contributed by atoms with Gasteiger partial charge in [-0.05, 0) is 31.9 Å². The lowest BCUT2D eigenvalue weighted by Crippen LogP contribution is -2.57. The molecular formula is C19H24N2O4. The van der Waals surface area contributed by atoms with Gasteiger partial charge in [0.05, 0.1) is 5.92 Å². The van der Waals surface area contributed by atoms with Gasteiger partial charge >= 0.3 is 5.97 Å². The van der Waals surface area contributed by atoms with Crippen molar-refractivity contribution in [2.24, 2.45) is 5.92 Å². The molecule has 134 valence electrons. The maximum atomic E-state index is 12.6. The fourth-order valence-corrected chi connectivity index (χ4v) is 3.74. The maximum Gasteiger partial charge on any atom is 0.329 e. The molecule has 1 saturated heterocycles. The summed E-state index contributed by atoms with van der Waals surface area (Å²) >= 11 is 0. The van der Waals surface area contributed by atoms with Crippen molar-refractivity contribution in [2.75, 3.05) is 11.4 Å². The number of nitrogens with zero attached hydrogens (tertiary/aromatic N) is 1. The first-order valence-electron chi connectivity index (χ1n) is 8.84. The largest absolute Gasteiger partial charge is 0.480 e. The van der Waals surface area contributed by atoms with Crippen LogP contribution in [0.4, 0.5) is 5.69 Å². The highest BCUT2D eigenvalue weighted by molar-refractivity contribution is 6.01. The van der Waals surface area contributed by atoms with Crippen LogP contribution >= 0.6 is 0 Å². The van der Waals surface area contributed by atoms with Crippen molar-refractivity contribution in [2.45, 2.75) is 51.0 Å². The van der Waals surface area contributed by atoms with Gasteiger partial charge in [-0.2, -0.15) is 0 Å². The fraction of sp³-hybridized carbons (Fsp3) is 0.526. The average molecular weight is 344 g/mol. The summed E-state index contributed by atoms with van der Waals surface area (Å²) < 4.78 is 0. The third-order valence-corrected chi connectivity index (χ3v) is 5.32. The van der Waals surface area contributed by atoms with Gasteiger partial charge in [0.2, 0.25) is 11.8 Å². The zero-order valence-electron chi connectivity index (χ0n) is 14.5. The lowest BCUT2D eigenvalue weighted by atomic mass is 9.81. The molecule has 0 bridgehead atoms. The molecule has 2 fully saturated rings. The number of amides is 2. The number of carboxylic acid groups (broad SMARTS) is 1. The molecule has 3 rings (SSSR count). The van der Waals surface area contributed by atoms with Gasteiger partial charge in [0.15, 0.2) is 0 Å². The van der Waals surface area contributed by atoms with Gasteiger partial charge in [-0.15, -0.1) is 0 Å². The minimum Gasteiger partial charge on any atom is -0.480 e. The molecule has 1 aromatic rings. The minimum absolute atomic E-state index is 0.1000. The monoisotopic (exact) mass is 344 g/mol. The van der Waals surface area contributed by atoms with E-state index in [9.17, 15) is 19.5 Å². The Morgan fingerprint density at radius 2 is 1.80 bits per heavy atom. The van der Waals surface area contributed by atoms with Crippen molar-refractivity contribution in [3.8, 4) is 0 Å². The predicted molar refractivity (Wildman–Crippen MR) is 93.2 cm³/mol. The number of rotatable bonds is 4. The van der Waals surface area contributed by atoms with Crippen LogP contribution in [0.5, 0.6) is 0 Å². The number of nitrogens with one attached hydrogen (secondary N) is 1. The summed E-state index contributed by atoms with van der Waals surface area (Å²) in [7, 11) is 0. The van der Waals surface area contributed by atoms with Crippen molar-refractivity contribution in [3.05, 3.63) is 29.8 Å². The van der Waals surface area contributed by atoms with Crippen LogP contribution in [0.2, 0.25) is 0 Å². The van der Waals surface area contributed by atoms with Crippen molar-refractivity contribution < 1.29 is 19.5 Å². The number of aliphatic carboxylic acids is 1. The van der Waals surface area contributed by atoms with E-state index in [2.05, 4.69) is 5.32 Å². The zero-order chi connectivity index (χ0) is 18.0. The molecule has 2 amide bonds. The third-order valence-electron chi connectivity index (χ3n) is 5.32. The van der Waals surface area contributed by atoms with E-state index in [1.165, 1.54) is 0 Å². The van der Waals surface area contributed by atoms with Crippen LogP contribution < -0.4 is 10.2 Å². The Kier molecular flexibility index (Phi) is 4.79. The Bertz CT molecular complexity index is 677. The molecule has 1 aromatic carbocycles. The van der Waals surface area contributed by atoms with E-state index in [0.29, 0.717) is 19.4 Å². The summed E-state index contributed by atoms with van der Waals surface area (Å²) in [5, 5.41) is 12.4. The molecule has 6 nitrogen and oxygen atoms in total. The Morgan fingerprint density at radius 1 is 1.16 bits per heavy atom. The van der Waals surface area contributed by atoms with Crippen LogP contribution in [0.15, 0.2) is 24.3 Å². The van der Waals surface area contributed by atoms with E-state index in [-0.39, 0.29) is 18.2 Å². The van der Waals surface area contributed by atoms with Gasteiger partial charge in [0.1, 0.15) is 5.54 Å². The fourth-order valence-electron chi connectivity index (χ4n) is 3.74. The van der Waals surface area contributed by atoms with Gasteiger partial charge in [-0.3, -0.25) is 9.59 Å². The Balaban J connectivity index is 1.70. The normalized spacial score (nSPS) is 22.7. The SMILES string of the molecule is Cc1ccc(N2C[C@@H](C(=O)NC3(C(=O)O)CCCCC3)CC2=O)cc1. The van der Waals surface area contributed by atoms with Crippen LogP contribution in [0.25, 0.3) is 0 Å². The number of anilines is 1. The average Bonchev–Trinajstić information content (AvgIpc) is 2.98. The minimum atomic E-state index is -1.17. The highest BCUT2D eigenvalue weighted by Crippen LogP contribution is 2.31. The third kappa shape index (κ3) is 3.52. The number of hydrogen-bond acceptors (Lipinski definition) is 3. The molecular weight excluding hydrogens is 320 g/mol. The summed E-state index contributed by atoms with van der Waals surface area (Å²) in [6, 6.07) is 7.59. The van der Waals surface area contributed by atoms with Crippen molar-refractivity contribution in [3.63, 3.8) is 0 Å². The van der Waals surface area contributed by atoms with E-state index in [1.54, 1.807) is 4.90 Å². The maximum absolute atomic E-state index is 12.6. The highest BCUT2D eigenvalue weighted by atomic mass is 16.4. The molecule has 2 N–H and O–H groups in total. The van der Waals surface area contributed by atoms with E-state index in [1.807, 2.05) is 31.2 Å². The number of carboxylic acids is 1. The standard InChI is InChI=1S/C19H24N2O4/c1-13-5-7-15(8-6-13)21-12-14(11-16(21)22)17(23)20-19(18(24)25)9-3-2-4-10-19/h5-8,14H,2-4,9-12H2,1H3,(H,20,23)(H,24,25)/t14-/m0/s1. The molecule has 0 radical (unpaired) electrons. The van der Waals surface area contributed by atoms with E-state index >= 15 is 0 Å². The van der Waals surface area contributed by atoms with Crippen LogP contribution in [-0.4, -0.2) is 35.0 Å². The second-order valence-corrected chi connectivity index (χ2v) is 7.18. The van der Waals surface area contributed by atoms with E-state index in [4.69, 9.17) is 0 Å². The summed E-state index contributed by atoms with van der Waals surface area (Å²) in [4.78, 5) is 38.3. The van der Waals surface area contributed by atoms with Crippen LogP contribution in [0.3, 0.4) is 0 Å². The molecule has 1 saturated carbocycles. The summed E-state index contributed by atoms with van der Waals surface area (Å²) in [5.41, 5.74) is 0.706. The first-order chi connectivity index (χ1) is 11.9. The Labute approximate surface area is 147 Å². The van der Waals surface area contributed by atoms with E-state index < -0.39 is 17.4 Å². The van der Waals surface area contributed by atoms with Gasteiger partial charge < -0.3 is 15.3 Å². The predicted octanol–water partition coefficient (Wildman–Crippen LogP) is 2.25. The van der Waals surface area contributed by atoms with Gasteiger partial charge in [0, 0.05) is 18.7 Å². The molecule has 0 unspecified atom stereocenters. The number of carbonyl (C=O) groups excluding carboxylic acids is 2. The lowest BCUT2D eigenvalue weighted by molar-refractivity contribution is -0.149. The quantitative estimate of drug-likeness (QED) is 0.877.